The van der Waals surface area contributed by atoms with E-state index < -0.39 is 0 Å². The first-order chi connectivity index (χ1) is 12.8. The standard InChI is InChI=1S/C25H21N/c1-20-19-24(17-18-25(20)21-11-5-2-6-12-21)26(22-13-7-3-8-14-22)23-15-9-4-10-16-23/h2-19H,1H3. The number of nitrogens with zero attached hydrogens (tertiary/aromatic N) is 1. The summed E-state index contributed by atoms with van der Waals surface area (Å²) < 4.78 is 0. The van der Waals surface area contributed by atoms with Crippen LogP contribution in [0.1, 0.15) is 5.56 Å². The molecular weight excluding hydrogens is 314 g/mol. The minimum absolute atomic E-state index is 1.16. The maximum Gasteiger partial charge on any atom is 0.0464 e. The summed E-state index contributed by atoms with van der Waals surface area (Å²) >= 11 is 0. The molecule has 0 aliphatic heterocycles. The van der Waals surface area contributed by atoms with E-state index in [9.17, 15) is 0 Å². The molecule has 0 heterocycles. The Morgan fingerprint density at radius 1 is 0.500 bits per heavy atom. The summed E-state index contributed by atoms with van der Waals surface area (Å²) in [6.45, 7) is 2.18. The Balaban J connectivity index is 1.81. The lowest BCUT2D eigenvalue weighted by Gasteiger charge is -2.26. The van der Waals surface area contributed by atoms with Gasteiger partial charge in [0.15, 0.2) is 0 Å². The summed E-state index contributed by atoms with van der Waals surface area (Å²) in [6, 6.07) is 38.2. The van der Waals surface area contributed by atoms with Gasteiger partial charge in [0.1, 0.15) is 0 Å². The van der Waals surface area contributed by atoms with Crippen molar-refractivity contribution in [3.05, 3.63) is 115 Å². The van der Waals surface area contributed by atoms with Gasteiger partial charge < -0.3 is 4.90 Å². The van der Waals surface area contributed by atoms with Gasteiger partial charge in [0.05, 0.1) is 0 Å². The quantitative estimate of drug-likeness (QED) is 0.383. The van der Waals surface area contributed by atoms with Gasteiger partial charge >= 0.3 is 0 Å². The number of hydrogen-bond donors (Lipinski definition) is 0. The molecule has 0 N–H and O–H groups in total. The monoisotopic (exact) mass is 335 g/mol. The molecule has 126 valence electrons. The number of hydrogen-bond acceptors (Lipinski definition) is 1. The molecule has 0 amide bonds. The van der Waals surface area contributed by atoms with Crippen molar-refractivity contribution in [2.75, 3.05) is 4.90 Å². The molecule has 0 aromatic heterocycles. The van der Waals surface area contributed by atoms with Crippen LogP contribution >= 0.6 is 0 Å². The molecule has 4 aromatic carbocycles. The molecule has 0 saturated carbocycles. The second-order valence-corrected chi connectivity index (χ2v) is 6.37. The third kappa shape index (κ3) is 3.25. The molecule has 0 atom stereocenters. The maximum absolute atomic E-state index is 2.29. The molecular formula is C25H21N. The topological polar surface area (TPSA) is 3.24 Å². The first-order valence-corrected chi connectivity index (χ1v) is 8.89. The fourth-order valence-corrected chi connectivity index (χ4v) is 3.33. The van der Waals surface area contributed by atoms with Crippen LogP contribution in [0.4, 0.5) is 17.1 Å². The lowest BCUT2D eigenvalue weighted by molar-refractivity contribution is 1.27. The van der Waals surface area contributed by atoms with Crippen molar-refractivity contribution in [2.45, 2.75) is 6.92 Å². The summed E-state index contributed by atoms with van der Waals surface area (Å²) in [4.78, 5) is 2.29. The molecule has 0 aliphatic carbocycles. The van der Waals surface area contributed by atoms with Crippen molar-refractivity contribution < 1.29 is 0 Å². The van der Waals surface area contributed by atoms with E-state index in [1.165, 1.54) is 22.4 Å². The average molecular weight is 335 g/mol. The minimum atomic E-state index is 1.16. The van der Waals surface area contributed by atoms with Gasteiger partial charge in [-0.3, -0.25) is 0 Å². The van der Waals surface area contributed by atoms with Crippen molar-refractivity contribution in [3.8, 4) is 11.1 Å². The number of para-hydroxylation sites is 2. The van der Waals surface area contributed by atoms with Gasteiger partial charge in [0, 0.05) is 17.1 Å². The second-order valence-electron chi connectivity index (χ2n) is 6.37. The van der Waals surface area contributed by atoms with Crippen molar-refractivity contribution in [2.24, 2.45) is 0 Å². The molecule has 0 aliphatic rings. The highest BCUT2D eigenvalue weighted by atomic mass is 15.1. The molecule has 0 unspecified atom stereocenters. The van der Waals surface area contributed by atoms with E-state index in [0.717, 1.165) is 11.4 Å². The highest BCUT2D eigenvalue weighted by Crippen LogP contribution is 2.36. The summed E-state index contributed by atoms with van der Waals surface area (Å²) in [5.74, 6) is 0. The van der Waals surface area contributed by atoms with Crippen molar-refractivity contribution in [1.82, 2.24) is 0 Å². The molecule has 4 aromatic rings. The summed E-state index contributed by atoms with van der Waals surface area (Å²) in [6.07, 6.45) is 0. The number of benzene rings is 4. The predicted molar refractivity (Wildman–Crippen MR) is 111 cm³/mol. The fraction of sp³-hybridized carbons (Fsp3) is 0.0400. The summed E-state index contributed by atoms with van der Waals surface area (Å²) in [5.41, 5.74) is 7.28. The SMILES string of the molecule is Cc1cc(N(c2ccccc2)c2ccccc2)ccc1-c1ccccc1. The Hall–Kier alpha value is -3.32. The first-order valence-electron chi connectivity index (χ1n) is 8.89. The van der Waals surface area contributed by atoms with E-state index >= 15 is 0 Å². The van der Waals surface area contributed by atoms with Gasteiger partial charge in [-0.2, -0.15) is 0 Å². The number of aryl methyl sites for hydroxylation is 1. The van der Waals surface area contributed by atoms with Gasteiger partial charge in [-0.05, 0) is 60.0 Å². The zero-order valence-corrected chi connectivity index (χ0v) is 14.8. The molecule has 0 spiro atoms. The Bertz CT molecular complexity index is 937. The van der Waals surface area contributed by atoms with Crippen molar-refractivity contribution >= 4 is 17.1 Å². The summed E-state index contributed by atoms with van der Waals surface area (Å²) in [7, 11) is 0. The second kappa shape index (κ2) is 7.28. The van der Waals surface area contributed by atoms with E-state index in [1.54, 1.807) is 0 Å². The highest BCUT2D eigenvalue weighted by Gasteiger charge is 2.13. The van der Waals surface area contributed by atoms with Crippen LogP contribution in [0.3, 0.4) is 0 Å². The van der Waals surface area contributed by atoms with Gasteiger partial charge in [-0.25, -0.2) is 0 Å². The molecule has 4 rings (SSSR count). The van der Waals surface area contributed by atoms with Crippen LogP contribution in [0.5, 0.6) is 0 Å². The lowest BCUT2D eigenvalue weighted by atomic mass is 9.99. The van der Waals surface area contributed by atoms with E-state index in [4.69, 9.17) is 0 Å². The number of anilines is 3. The molecule has 1 nitrogen and oxygen atoms in total. The molecule has 1 heteroatoms. The Morgan fingerprint density at radius 3 is 1.50 bits per heavy atom. The lowest BCUT2D eigenvalue weighted by Crippen LogP contribution is -2.09. The van der Waals surface area contributed by atoms with E-state index in [0.29, 0.717) is 0 Å². The largest absolute Gasteiger partial charge is 0.310 e. The Morgan fingerprint density at radius 2 is 1.00 bits per heavy atom. The minimum Gasteiger partial charge on any atom is -0.310 e. The third-order valence-corrected chi connectivity index (χ3v) is 4.58. The van der Waals surface area contributed by atoms with Gasteiger partial charge in [0.25, 0.3) is 0 Å². The summed E-state index contributed by atoms with van der Waals surface area (Å²) in [5, 5.41) is 0. The van der Waals surface area contributed by atoms with Crippen LogP contribution < -0.4 is 4.90 Å². The normalized spacial score (nSPS) is 10.5. The first kappa shape index (κ1) is 16.2. The molecule has 0 radical (unpaired) electrons. The average Bonchev–Trinajstić information content (AvgIpc) is 2.71. The van der Waals surface area contributed by atoms with Crippen LogP contribution in [0, 0.1) is 6.92 Å². The maximum atomic E-state index is 2.29. The zero-order valence-electron chi connectivity index (χ0n) is 14.8. The van der Waals surface area contributed by atoms with Gasteiger partial charge in [-0.1, -0.05) is 72.8 Å². The number of rotatable bonds is 4. The highest BCUT2D eigenvalue weighted by molar-refractivity contribution is 5.79. The van der Waals surface area contributed by atoms with Crippen LogP contribution in [0.15, 0.2) is 109 Å². The third-order valence-electron chi connectivity index (χ3n) is 4.58. The van der Waals surface area contributed by atoms with Crippen molar-refractivity contribution in [3.63, 3.8) is 0 Å². The van der Waals surface area contributed by atoms with Crippen molar-refractivity contribution in [1.29, 1.82) is 0 Å². The molecule has 26 heavy (non-hydrogen) atoms. The molecule has 0 fully saturated rings. The fourth-order valence-electron chi connectivity index (χ4n) is 3.33. The zero-order chi connectivity index (χ0) is 17.8. The van der Waals surface area contributed by atoms with E-state index in [-0.39, 0.29) is 0 Å². The Labute approximate surface area is 155 Å². The van der Waals surface area contributed by atoms with Crippen LogP contribution in [0.25, 0.3) is 11.1 Å². The van der Waals surface area contributed by atoms with Crippen LogP contribution in [0.2, 0.25) is 0 Å². The van der Waals surface area contributed by atoms with Crippen LogP contribution in [-0.4, -0.2) is 0 Å². The van der Waals surface area contributed by atoms with Gasteiger partial charge in [0.2, 0.25) is 0 Å². The predicted octanol–water partition coefficient (Wildman–Crippen LogP) is 7.13. The molecule has 0 bridgehead atoms. The smallest absolute Gasteiger partial charge is 0.0464 e. The van der Waals surface area contributed by atoms with Gasteiger partial charge in [-0.15, -0.1) is 0 Å². The van der Waals surface area contributed by atoms with E-state index in [2.05, 4.69) is 121 Å². The molecule has 0 saturated heterocycles. The van der Waals surface area contributed by atoms with Crippen LogP contribution in [-0.2, 0) is 0 Å². The Kier molecular flexibility index (Phi) is 4.53. The van der Waals surface area contributed by atoms with E-state index in [1.807, 2.05) is 0 Å².